The summed E-state index contributed by atoms with van der Waals surface area (Å²) in [5.74, 6) is -1.48. The van der Waals surface area contributed by atoms with Gasteiger partial charge in [-0.15, -0.1) is 0 Å². The van der Waals surface area contributed by atoms with Crippen LogP contribution >= 0.6 is 0 Å². The molecule has 11 heteroatoms. The van der Waals surface area contributed by atoms with Gasteiger partial charge in [0, 0.05) is 18.6 Å². The Bertz CT molecular complexity index is 1300. The molecule has 3 aromatic rings. The molecule has 0 aliphatic rings. The molecular formula is C25H30N4O6S. The minimum atomic E-state index is -3.96. The first-order chi connectivity index (χ1) is 17.0. The Morgan fingerprint density at radius 2 is 1.72 bits per heavy atom. The van der Waals surface area contributed by atoms with Gasteiger partial charge in [-0.3, -0.25) is 14.4 Å². The van der Waals surface area contributed by atoms with Crippen LogP contribution in [0, 0.1) is 5.92 Å². The second kappa shape index (κ2) is 11.4. The monoisotopic (exact) mass is 514 g/mol. The lowest BCUT2D eigenvalue weighted by molar-refractivity contribution is -0.128. The quantitative estimate of drug-likeness (QED) is 0.400. The number of amides is 2. The highest BCUT2D eigenvalue weighted by Gasteiger charge is 2.29. The predicted octanol–water partition coefficient (Wildman–Crippen LogP) is 2.37. The minimum absolute atomic E-state index is 0.0670. The van der Waals surface area contributed by atoms with Gasteiger partial charge in [0.2, 0.25) is 5.91 Å². The Morgan fingerprint density at radius 1 is 1.03 bits per heavy atom. The summed E-state index contributed by atoms with van der Waals surface area (Å²) in [5, 5.41) is 5.86. The fraction of sp³-hybridized carbons (Fsp3) is 0.360. The molecule has 0 aliphatic heterocycles. The van der Waals surface area contributed by atoms with E-state index in [1.807, 2.05) is 26.0 Å². The number of para-hydroxylation sites is 1. The number of Topliss-reactive ketones (excluding diaryl/α,β-unsaturated/α-hetero) is 1. The van der Waals surface area contributed by atoms with Gasteiger partial charge in [-0.05, 0) is 43.5 Å². The number of benzene rings is 1. The van der Waals surface area contributed by atoms with Crippen molar-refractivity contribution in [1.82, 2.24) is 19.9 Å². The first-order valence-corrected chi connectivity index (χ1v) is 12.9. The summed E-state index contributed by atoms with van der Waals surface area (Å²) < 4.78 is 31.7. The largest absolute Gasteiger partial charge is 0.451 e. The molecule has 2 N–H and O–H groups in total. The number of likely N-dealkylation sites (N-methyl/N-ethyl adjacent to an activating group) is 1. The number of rotatable bonds is 11. The number of hydrogen-bond acceptors (Lipinski definition) is 7. The van der Waals surface area contributed by atoms with Gasteiger partial charge in [0.05, 0.1) is 12.6 Å². The van der Waals surface area contributed by atoms with Crippen LogP contribution in [0.5, 0.6) is 0 Å². The molecule has 0 saturated carbocycles. The molecule has 2 atom stereocenters. The molecule has 0 radical (unpaired) electrons. The highest BCUT2D eigenvalue weighted by Crippen LogP contribution is 2.19. The van der Waals surface area contributed by atoms with Crippen molar-refractivity contribution in [2.45, 2.75) is 44.3 Å². The highest BCUT2D eigenvalue weighted by atomic mass is 32.2. The zero-order valence-corrected chi connectivity index (χ0v) is 21.4. The summed E-state index contributed by atoms with van der Waals surface area (Å²) in [7, 11) is -2.70. The van der Waals surface area contributed by atoms with Crippen LogP contribution in [0.15, 0.2) is 64.2 Å². The third kappa shape index (κ3) is 6.55. The van der Waals surface area contributed by atoms with Crippen LogP contribution in [0.1, 0.15) is 37.7 Å². The SMILES string of the molecule is CC(C)C[C@H](NC(=O)c1cc2ccccc2o1)C(=O)N[C@@H](C)C(=O)CN(C)S(=O)(=O)c1ccccn1. The van der Waals surface area contributed by atoms with E-state index in [4.69, 9.17) is 4.42 Å². The van der Waals surface area contributed by atoms with Crippen LogP contribution in [0.2, 0.25) is 0 Å². The van der Waals surface area contributed by atoms with E-state index in [9.17, 15) is 22.8 Å². The van der Waals surface area contributed by atoms with Gasteiger partial charge >= 0.3 is 0 Å². The van der Waals surface area contributed by atoms with Crippen LogP contribution in [-0.4, -0.2) is 61.0 Å². The molecular weight excluding hydrogens is 484 g/mol. The van der Waals surface area contributed by atoms with Gasteiger partial charge < -0.3 is 15.1 Å². The molecule has 0 aliphatic carbocycles. The number of carbonyl (C=O) groups is 3. The lowest BCUT2D eigenvalue weighted by atomic mass is 10.0. The van der Waals surface area contributed by atoms with Crippen molar-refractivity contribution in [3.8, 4) is 0 Å². The molecule has 0 spiro atoms. The van der Waals surface area contributed by atoms with E-state index in [1.54, 1.807) is 24.3 Å². The normalized spacial score (nSPS) is 13.5. The van der Waals surface area contributed by atoms with Crippen molar-refractivity contribution in [2.75, 3.05) is 13.6 Å². The van der Waals surface area contributed by atoms with Gasteiger partial charge in [0.15, 0.2) is 16.6 Å². The topological polar surface area (TPSA) is 139 Å². The van der Waals surface area contributed by atoms with Crippen LogP contribution < -0.4 is 10.6 Å². The molecule has 0 bridgehead atoms. The summed E-state index contributed by atoms with van der Waals surface area (Å²) in [6.45, 7) is 4.81. The number of fused-ring (bicyclic) bond motifs is 1. The molecule has 2 aromatic heterocycles. The Balaban J connectivity index is 1.64. The molecule has 192 valence electrons. The summed E-state index contributed by atoms with van der Waals surface area (Å²) in [6.07, 6.45) is 1.67. The van der Waals surface area contributed by atoms with Gasteiger partial charge in [-0.1, -0.05) is 38.1 Å². The van der Waals surface area contributed by atoms with Crippen LogP contribution in [0.4, 0.5) is 0 Å². The van der Waals surface area contributed by atoms with E-state index < -0.39 is 46.2 Å². The number of ketones is 1. The summed E-state index contributed by atoms with van der Waals surface area (Å²) in [6, 6.07) is 11.3. The lowest BCUT2D eigenvalue weighted by Gasteiger charge is -2.23. The number of nitrogens with zero attached hydrogens (tertiary/aromatic N) is 2. The van der Waals surface area contributed by atoms with Crippen molar-refractivity contribution in [3.63, 3.8) is 0 Å². The van der Waals surface area contributed by atoms with Gasteiger partial charge in [0.1, 0.15) is 11.6 Å². The third-order valence-corrected chi connectivity index (χ3v) is 7.23. The first-order valence-electron chi connectivity index (χ1n) is 11.5. The van der Waals surface area contributed by atoms with Crippen molar-refractivity contribution < 1.29 is 27.2 Å². The van der Waals surface area contributed by atoms with E-state index in [1.165, 1.54) is 32.3 Å². The van der Waals surface area contributed by atoms with E-state index >= 15 is 0 Å². The van der Waals surface area contributed by atoms with E-state index in [0.717, 1.165) is 9.69 Å². The minimum Gasteiger partial charge on any atom is -0.451 e. The average Bonchev–Trinajstić information content (AvgIpc) is 3.28. The highest BCUT2D eigenvalue weighted by molar-refractivity contribution is 7.89. The molecule has 10 nitrogen and oxygen atoms in total. The maximum atomic E-state index is 13.0. The Labute approximate surface area is 210 Å². The third-order valence-electron chi connectivity index (χ3n) is 5.51. The molecule has 0 saturated heterocycles. The fourth-order valence-corrected chi connectivity index (χ4v) is 4.58. The van der Waals surface area contributed by atoms with Gasteiger partial charge in [0.25, 0.3) is 15.9 Å². The van der Waals surface area contributed by atoms with E-state index in [2.05, 4.69) is 15.6 Å². The second-order valence-corrected chi connectivity index (χ2v) is 10.9. The number of hydrogen-bond donors (Lipinski definition) is 2. The van der Waals surface area contributed by atoms with Crippen LogP contribution in [0.3, 0.4) is 0 Å². The maximum Gasteiger partial charge on any atom is 0.287 e. The van der Waals surface area contributed by atoms with E-state index in [0.29, 0.717) is 12.0 Å². The molecule has 36 heavy (non-hydrogen) atoms. The van der Waals surface area contributed by atoms with Crippen molar-refractivity contribution in [2.24, 2.45) is 5.92 Å². The molecule has 3 rings (SSSR count). The van der Waals surface area contributed by atoms with Crippen molar-refractivity contribution in [3.05, 3.63) is 60.5 Å². The molecule has 0 unspecified atom stereocenters. The van der Waals surface area contributed by atoms with Crippen LogP contribution in [-0.2, 0) is 19.6 Å². The fourth-order valence-electron chi connectivity index (χ4n) is 3.52. The zero-order chi connectivity index (χ0) is 26.5. The Morgan fingerprint density at radius 3 is 2.36 bits per heavy atom. The number of nitrogens with one attached hydrogen (secondary N) is 2. The standard InChI is InChI=1S/C25H30N4O6S/c1-16(2)13-19(28-25(32)22-14-18-9-5-6-10-21(18)35-22)24(31)27-17(3)20(30)15-29(4)36(33,34)23-11-7-8-12-26-23/h5-12,14,16-17,19H,13,15H2,1-4H3,(H,27,31)(H,28,32)/t17-,19-/m0/s1. The number of furan rings is 1. The van der Waals surface area contributed by atoms with Crippen molar-refractivity contribution >= 4 is 38.6 Å². The number of aromatic nitrogens is 1. The average molecular weight is 515 g/mol. The number of carbonyl (C=O) groups excluding carboxylic acids is 3. The predicted molar refractivity (Wildman–Crippen MR) is 134 cm³/mol. The summed E-state index contributed by atoms with van der Waals surface area (Å²) >= 11 is 0. The maximum absolute atomic E-state index is 13.0. The Kier molecular flexibility index (Phi) is 8.59. The van der Waals surface area contributed by atoms with E-state index in [-0.39, 0.29) is 16.7 Å². The van der Waals surface area contributed by atoms with Gasteiger partial charge in [-0.25, -0.2) is 13.4 Å². The van der Waals surface area contributed by atoms with Crippen molar-refractivity contribution in [1.29, 1.82) is 0 Å². The lowest BCUT2D eigenvalue weighted by Crippen LogP contribution is -2.52. The molecule has 2 heterocycles. The summed E-state index contributed by atoms with van der Waals surface area (Å²) in [5.41, 5.74) is 0.552. The molecule has 0 fully saturated rings. The van der Waals surface area contributed by atoms with Crippen LogP contribution in [0.25, 0.3) is 11.0 Å². The zero-order valence-electron chi connectivity index (χ0n) is 20.6. The smallest absolute Gasteiger partial charge is 0.287 e. The van der Waals surface area contributed by atoms with Gasteiger partial charge in [-0.2, -0.15) is 4.31 Å². The first kappa shape index (κ1) is 27.0. The molecule has 1 aromatic carbocycles. The second-order valence-electron chi connectivity index (χ2n) is 8.93. The Hall–Kier alpha value is -3.57. The number of sulfonamides is 1. The molecule has 2 amide bonds. The number of pyridine rings is 1. The summed E-state index contributed by atoms with van der Waals surface area (Å²) in [4.78, 5) is 42.3.